The molecule has 2 amide bonds. The normalized spacial score (nSPS) is 18.0. The summed E-state index contributed by atoms with van der Waals surface area (Å²) in [6.07, 6.45) is 3.91. The molecule has 1 aromatic carbocycles. The van der Waals surface area contributed by atoms with Gasteiger partial charge < -0.3 is 9.80 Å². The molecule has 2 aliphatic heterocycles. The van der Waals surface area contributed by atoms with Crippen molar-refractivity contribution in [3.05, 3.63) is 59.9 Å². The Bertz CT molecular complexity index is 1110. The zero-order valence-electron chi connectivity index (χ0n) is 20.2. The zero-order valence-corrected chi connectivity index (χ0v) is 21.0. The molecule has 0 saturated carbocycles. The van der Waals surface area contributed by atoms with Gasteiger partial charge in [0.05, 0.1) is 4.90 Å². The smallest absolute Gasteiger partial charge is 0.243 e. The van der Waals surface area contributed by atoms with Crippen LogP contribution in [0.5, 0.6) is 0 Å². The van der Waals surface area contributed by atoms with E-state index in [4.69, 9.17) is 0 Å². The number of rotatable bonds is 7. The molecule has 1 aromatic heterocycles. The molecule has 0 N–H and O–H groups in total. The van der Waals surface area contributed by atoms with Crippen molar-refractivity contribution < 1.29 is 18.0 Å². The summed E-state index contributed by atoms with van der Waals surface area (Å²) in [6.45, 7) is 6.88. The monoisotopic (exact) mass is 499 g/mol. The third-order valence-electron chi connectivity index (χ3n) is 6.68. The summed E-state index contributed by atoms with van der Waals surface area (Å²) >= 11 is 0. The van der Waals surface area contributed by atoms with Crippen LogP contribution in [-0.2, 0) is 26.2 Å². The highest BCUT2D eigenvalue weighted by molar-refractivity contribution is 7.89. The lowest BCUT2D eigenvalue weighted by atomic mass is 10.2. The van der Waals surface area contributed by atoms with E-state index in [0.717, 1.165) is 25.2 Å². The molecule has 0 aliphatic carbocycles. The standard InChI is InChI=1S/C25H33N5O4S/c1-21-2-4-23(5-3-21)35(33,34)30-18-16-29(17-19-30)25(32)7-6-24(31)28-14-12-27(13-15-28)20-22-8-10-26-11-9-22/h2-5,8-11H,6-7,12-20H2,1H3. The lowest BCUT2D eigenvalue weighted by Gasteiger charge is -2.35. The number of sulfonamides is 1. The van der Waals surface area contributed by atoms with Crippen LogP contribution in [0.15, 0.2) is 53.7 Å². The van der Waals surface area contributed by atoms with Gasteiger partial charge in [-0.05, 0) is 36.8 Å². The number of aryl methyl sites for hydroxylation is 1. The van der Waals surface area contributed by atoms with Crippen molar-refractivity contribution in [3.63, 3.8) is 0 Å². The van der Waals surface area contributed by atoms with Crippen molar-refractivity contribution in [2.45, 2.75) is 31.2 Å². The van der Waals surface area contributed by atoms with Gasteiger partial charge in [-0.15, -0.1) is 0 Å². The first-order valence-electron chi connectivity index (χ1n) is 12.1. The Kier molecular flexibility index (Phi) is 8.15. The van der Waals surface area contributed by atoms with Gasteiger partial charge in [0.25, 0.3) is 0 Å². The minimum atomic E-state index is -3.57. The van der Waals surface area contributed by atoms with Gasteiger partial charge in [0.1, 0.15) is 0 Å². The Hall–Kier alpha value is -2.82. The molecule has 2 fully saturated rings. The van der Waals surface area contributed by atoms with Crippen molar-refractivity contribution in [3.8, 4) is 0 Å². The summed E-state index contributed by atoms with van der Waals surface area (Å²) in [5.74, 6) is -0.0930. The minimum absolute atomic E-state index is 0.00231. The van der Waals surface area contributed by atoms with Gasteiger partial charge in [-0.3, -0.25) is 19.5 Å². The third kappa shape index (κ3) is 6.45. The fourth-order valence-corrected chi connectivity index (χ4v) is 5.89. The number of hydrogen-bond acceptors (Lipinski definition) is 6. The molecule has 9 nitrogen and oxygen atoms in total. The van der Waals surface area contributed by atoms with Crippen LogP contribution in [0.3, 0.4) is 0 Å². The Morgan fingerprint density at radius 3 is 1.83 bits per heavy atom. The molecule has 35 heavy (non-hydrogen) atoms. The Labute approximate surface area is 207 Å². The molecular formula is C25H33N5O4S. The van der Waals surface area contributed by atoms with Crippen LogP contribution >= 0.6 is 0 Å². The SMILES string of the molecule is Cc1ccc(S(=O)(=O)N2CCN(C(=O)CCC(=O)N3CCN(Cc4ccncc4)CC3)CC2)cc1. The highest BCUT2D eigenvalue weighted by Crippen LogP contribution is 2.19. The summed E-state index contributed by atoms with van der Waals surface area (Å²) in [7, 11) is -3.57. The average molecular weight is 500 g/mol. The van der Waals surface area contributed by atoms with Crippen LogP contribution in [0.4, 0.5) is 0 Å². The summed E-state index contributed by atoms with van der Waals surface area (Å²) in [5.41, 5.74) is 2.21. The first-order chi connectivity index (χ1) is 16.8. The fraction of sp³-hybridized carbons (Fsp3) is 0.480. The minimum Gasteiger partial charge on any atom is -0.340 e. The second-order valence-corrected chi connectivity index (χ2v) is 11.0. The van der Waals surface area contributed by atoms with Crippen molar-refractivity contribution in [1.29, 1.82) is 0 Å². The molecule has 3 heterocycles. The molecule has 0 radical (unpaired) electrons. The quantitative estimate of drug-likeness (QED) is 0.571. The maximum Gasteiger partial charge on any atom is 0.243 e. The number of carbonyl (C=O) groups excluding carboxylic acids is 2. The highest BCUT2D eigenvalue weighted by Gasteiger charge is 2.30. The molecule has 2 aliphatic rings. The lowest BCUT2D eigenvalue weighted by Crippen LogP contribution is -2.51. The summed E-state index contributed by atoms with van der Waals surface area (Å²) in [5, 5.41) is 0. The van der Waals surface area contributed by atoms with Gasteiger partial charge >= 0.3 is 0 Å². The molecule has 4 rings (SSSR count). The molecule has 2 saturated heterocycles. The maximum absolute atomic E-state index is 12.9. The molecule has 188 valence electrons. The maximum atomic E-state index is 12.9. The molecule has 0 unspecified atom stereocenters. The van der Waals surface area contributed by atoms with Crippen LogP contribution < -0.4 is 0 Å². The van der Waals surface area contributed by atoms with Crippen LogP contribution in [0.25, 0.3) is 0 Å². The first-order valence-corrected chi connectivity index (χ1v) is 13.5. The number of benzene rings is 1. The van der Waals surface area contributed by atoms with E-state index < -0.39 is 10.0 Å². The number of pyridine rings is 1. The molecule has 0 bridgehead atoms. The fourth-order valence-electron chi connectivity index (χ4n) is 4.47. The van der Waals surface area contributed by atoms with E-state index in [2.05, 4.69) is 9.88 Å². The third-order valence-corrected chi connectivity index (χ3v) is 8.60. The summed E-state index contributed by atoms with van der Waals surface area (Å²) < 4.78 is 27.1. The molecule has 10 heteroatoms. The largest absolute Gasteiger partial charge is 0.340 e. The number of nitrogens with zero attached hydrogens (tertiary/aromatic N) is 5. The lowest BCUT2D eigenvalue weighted by molar-refractivity contribution is -0.138. The van der Waals surface area contributed by atoms with Crippen LogP contribution in [0.1, 0.15) is 24.0 Å². The van der Waals surface area contributed by atoms with Crippen molar-refractivity contribution in [2.24, 2.45) is 0 Å². The Morgan fingerprint density at radius 1 is 0.771 bits per heavy atom. The summed E-state index contributed by atoms with van der Waals surface area (Å²) in [4.78, 5) is 35.5. The topological polar surface area (TPSA) is 94.1 Å². The van der Waals surface area contributed by atoms with Gasteiger partial charge in [0.2, 0.25) is 21.8 Å². The molecule has 0 spiro atoms. The van der Waals surface area contributed by atoms with E-state index in [9.17, 15) is 18.0 Å². The van der Waals surface area contributed by atoms with E-state index in [1.165, 1.54) is 9.87 Å². The van der Waals surface area contributed by atoms with Gasteiger partial charge in [0.15, 0.2) is 0 Å². The Balaban J connectivity index is 1.18. The molecular weight excluding hydrogens is 466 g/mol. The number of carbonyl (C=O) groups is 2. The second kappa shape index (κ2) is 11.3. The van der Waals surface area contributed by atoms with E-state index in [1.807, 2.05) is 24.0 Å². The van der Waals surface area contributed by atoms with Crippen LogP contribution in [0.2, 0.25) is 0 Å². The van der Waals surface area contributed by atoms with Crippen LogP contribution in [0, 0.1) is 6.92 Å². The molecule has 2 aromatic rings. The molecule has 0 atom stereocenters. The highest BCUT2D eigenvalue weighted by atomic mass is 32.2. The predicted octanol–water partition coefficient (Wildman–Crippen LogP) is 1.35. The average Bonchev–Trinajstić information content (AvgIpc) is 2.88. The Morgan fingerprint density at radius 2 is 1.29 bits per heavy atom. The van der Waals surface area contributed by atoms with E-state index in [1.54, 1.807) is 41.6 Å². The number of hydrogen-bond donors (Lipinski definition) is 0. The predicted molar refractivity (Wildman–Crippen MR) is 132 cm³/mol. The van der Waals surface area contributed by atoms with Gasteiger partial charge in [-0.1, -0.05) is 17.7 Å². The van der Waals surface area contributed by atoms with Crippen molar-refractivity contribution in [2.75, 3.05) is 52.4 Å². The zero-order chi connectivity index (χ0) is 24.8. The van der Waals surface area contributed by atoms with E-state index >= 15 is 0 Å². The van der Waals surface area contributed by atoms with E-state index in [-0.39, 0.29) is 42.6 Å². The number of amides is 2. The second-order valence-electron chi connectivity index (χ2n) is 9.11. The van der Waals surface area contributed by atoms with Gasteiger partial charge in [-0.25, -0.2) is 8.42 Å². The first kappa shape index (κ1) is 25.3. The van der Waals surface area contributed by atoms with E-state index in [0.29, 0.717) is 26.2 Å². The van der Waals surface area contributed by atoms with Gasteiger partial charge in [-0.2, -0.15) is 4.31 Å². The summed E-state index contributed by atoms with van der Waals surface area (Å²) in [6, 6.07) is 10.8. The van der Waals surface area contributed by atoms with Crippen molar-refractivity contribution >= 4 is 21.8 Å². The number of aromatic nitrogens is 1. The number of piperazine rings is 2. The van der Waals surface area contributed by atoms with Crippen molar-refractivity contribution in [1.82, 2.24) is 24.0 Å². The van der Waals surface area contributed by atoms with Crippen LogP contribution in [-0.4, -0.2) is 96.6 Å². The van der Waals surface area contributed by atoms with Gasteiger partial charge in [0, 0.05) is 84.1 Å².